The Morgan fingerprint density at radius 2 is 2.19 bits per heavy atom. The molecule has 1 amide bonds. The Bertz CT molecular complexity index is 870. The Morgan fingerprint density at radius 3 is 2.95 bits per heavy atom. The highest BCUT2D eigenvalue weighted by atomic mass is 32.1. The first kappa shape index (κ1) is 13.4. The predicted molar refractivity (Wildman–Crippen MR) is 79.3 cm³/mol. The Morgan fingerprint density at radius 1 is 1.38 bits per heavy atom. The summed E-state index contributed by atoms with van der Waals surface area (Å²) in [6.45, 7) is 1.57. The molecule has 106 valence electrons. The van der Waals surface area contributed by atoms with Crippen molar-refractivity contribution in [3.63, 3.8) is 0 Å². The van der Waals surface area contributed by atoms with E-state index in [1.165, 1.54) is 0 Å². The van der Waals surface area contributed by atoms with Gasteiger partial charge in [-0.15, -0.1) is 0 Å². The van der Waals surface area contributed by atoms with Gasteiger partial charge in [0.2, 0.25) is 11.0 Å². The summed E-state index contributed by atoms with van der Waals surface area (Å²) in [6, 6.07) is 7.12. The van der Waals surface area contributed by atoms with Gasteiger partial charge in [0.1, 0.15) is 12.4 Å². The molecule has 7 nitrogen and oxygen atoms in total. The van der Waals surface area contributed by atoms with E-state index in [0.29, 0.717) is 16.3 Å². The monoisotopic (exact) mass is 301 g/mol. The van der Waals surface area contributed by atoms with Crippen molar-refractivity contribution >= 4 is 33.3 Å². The van der Waals surface area contributed by atoms with Gasteiger partial charge >= 0.3 is 0 Å². The lowest BCUT2D eigenvalue weighted by molar-refractivity contribution is -0.117. The fourth-order valence-corrected chi connectivity index (χ4v) is 2.47. The molecule has 1 N–H and O–H groups in total. The topological polar surface area (TPSA) is 89.8 Å². The van der Waals surface area contributed by atoms with E-state index in [9.17, 15) is 9.59 Å². The van der Waals surface area contributed by atoms with Crippen molar-refractivity contribution in [1.82, 2.24) is 19.1 Å². The molecular weight excluding hydrogens is 290 g/mol. The molecule has 0 radical (unpaired) electrons. The summed E-state index contributed by atoms with van der Waals surface area (Å²) in [5.74, 6) is 0.229. The summed E-state index contributed by atoms with van der Waals surface area (Å²) < 4.78 is 5.10. The van der Waals surface area contributed by atoms with Crippen LogP contribution < -0.4 is 10.9 Å². The molecule has 3 rings (SSSR count). The molecule has 0 saturated carbocycles. The molecule has 0 aliphatic carbocycles. The number of benzene rings is 1. The number of carbonyl (C=O) groups is 1. The average molecular weight is 301 g/mol. The van der Waals surface area contributed by atoms with Crippen LogP contribution in [-0.4, -0.2) is 25.0 Å². The number of nitrogens with zero attached hydrogens (tertiary/aromatic N) is 4. The number of rotatable bonds is 3. The first-order chi connectivity index (χ1) is 10.1. The third-order valence-corrected chi connectivity index (χ3v) is 3.55. The number of aromatic nitrogens is 4. The Balaban J connectivity index is 1.83. The van der Waals surface area contributed by atoms with Gasteiger partial charge < -0.3 is 0 Å². The second-order valence-corrected chi connectivity index (χ2v) is 5.14. The van der Waals surface area contributed by atoms with Crippen LogP contribution in [0.25, 0.3) is 10.8 Å². The van der Waals surface area contributed by atoms with E-state index in [4.69, 9.17) is 0 Å². The second-order valence-electron chi connectivity index (χ2n) is 4.39. The minimum Gasteiger partial charge on any atom is -0.299 e. The van der Waals surface area contributed by atoms with E-state index >= 15 is 0 Å². The summed E-state index contributed by atoms with van der Waals surface area (Å²) in [5.41, 5.74) is -0.295. The largest absolute Gasteiger partial charge is 0.299 e. The van der Waals surface area contributed by atoms with E-state index in [2.05, 4.69) is 19.8 Å². The number of nitrogens with one attached hydrogen (secondary N) is 1. The quantitative estimate of drug-likeness (QED) is 0.785. The average Bonchev–Trinajstić information content (AvgIpc) is 2.87. The highest BCUT2D eigenvalue weighted by Gasteiger charge is 2.10. The fourth-order valence-electron chi connectivity index (χ4n) is 1.88. The number of amides is 1. The molecule has 2 aromatic heterocycles. The molecule has 0 atom stereocenters. The normalized spacial score (nSPS) is 10.7. The van der Waals surface area contributed by atoms with Gasteiger partial charge in [0.05, 0.1) is 11.6 Å². The number of fused-ring (bicyclic) bond motifs is 1. The first-order valence-electron chi connectivity index (χ1n) is 6.18. The van der Waals surface area contributed by atoms with E-state index < -0.39 is 0 Å². The number of aryl methyl sites for hydroxylation is 1. The third kappa shape index (κ3) is 2.79. The summed E-state index contributed by atoms with van der Waals surface area (Å²) >= 11 is 1.09. The number of hydrogen-bond donors (Lipinski definition) is 1. The van der Waals surface area contributed by atoms with Gasteiger partial charge in [-0.05, 0) is 13.0 Å². The van der Waals surface area contributed by atoms with Crippen molar-refractivity contribution in [2.24, 2.45) is 0 Å². The fraction of sp³-hybridized carbons (Fsp3) is 0.154. The van der Waals surface area contributed by atoms with Crippen LogP contribution in [0.1, 0.15) is 5.82 Å². The standard InChI is InChI=1S/C13H11N5O2S/c1-8-15-13(21-17-8)16-11(19)7-18-12(20)10-5-3-2-4-9(10)6-14-18/h2-6H,7H2,1H3,(H,15,16,17,19). The number of carbonyl (C=O) groups excluding carboxylic acids is 1. The van der Waals surface area contributed by atoms with Crippen LogP contribution in [0.15, 0.2) is 35.3 Å². The molecular formula is C13H11N5O2S. The van der Waals surface area contributed by atoms with Gasteiger partial charge in [-0.3, -0.25) is 14.9 Å². The molecule has 3 aromatic rings. The molecule has 0 unspecified atom stereocenters. The van der Waals surface area contributed by atoms with E-state index in [0.717, 1.165) is 21.6 Å². The summed E-state index contributed by atoms with van der Waals surface area (Å²) in [6.07, 6.45) is 1.57. The highest BCUT2D eigenvalue weighted by Crippen LogP contribution is 2.10. The van der Waals surface area contributed by atoms with Crippen molar-refractivity contribution in [2.45, 2.75) is 13.5 Å². The molecule has 2 heterocycles. The highest BCUT2D eigenvalue weighted by molar-refractivity contribution is 7.09. The van der Waals surface area contributed by atoms with Gasteiger partial charge in [0, 0.05) is 16.9 Å². The first-order valence-corrected chi connectivity index (χ1v) is 6.96. The van der Waals surface area contributed by atoms with Crippen molar-refractivity contribution < 1.29 is 4.79 Å². The second kappa shape index (κ2) is 5.41. The van der Waals surface area contributed by atoms with Crippen LogP contribution in [0, 0.1) is 6.92 Å². The smallest absolute Gasteiger partial charge is 0.275 e. The number of hydrogen-bond acceptors (Lipinski definition) is 6. The maximum atomic E-state index is 12.2. The molecule has 1 aromatic carbocycles. The van der Waals surface area contributed by atoms with Crippen LogP contribution in [-0.2, 0) is 11.3 Å². The van der Waals surface area contributed by atoms with Crippen LogP contribution in [0.2, 0.25) is 0 Å². The van der Waals surface area contributed by atoms with Crippen molar-refractivity contribution in [2.75, 3.05) is 5.32 Å². The van der Waals surface area contributed by atoms with E-state index in [1.807, 2.05) is 6.07 Å². The van der Waals surface area contributed by atoms with Crippen LogP contribution in [0.5, 0.6) is 0 Å². The van der Waals surface area contributed by atoms with Crippen LogP contribution >= 0.6 is 11.5 Å². The minimum atomic E-state index is -0.365. The lowest BCUT2D eigenvalue weighted by atomic mass is 10.2. The van der Waals surface area contributed by atoms with Gasteiger partial charge in [-0.2, -0.15) is 9.47 Å². The van der Waals surface area contributed by atoms with E-state index in [1.54, 1.807) is 31.3 Å². The van der Waals surface area contributed by atoms with Crippen molar-refractivity contribution in [3.05, 3.63) is 46.6 Å². The molecule has 21 heavy (non-hydrogen) atoms. The summed E-state index contributed by atoms with van der Waals surface area (Å²) in [7, 11) is 0. The lowest BCUT2D eigenvalue weighted by Crippen LogP contribution is -2.29. The van der Waals surface area contributed by atoms with Gasteiger partial charge in [-0.25, -0.2) is 9.67 Å². The van der Waals surface area contributed by atoms with Gasteiger partial charge in [-0.1, -0.05) is 18.2 Å². The molecule has 0 saturated heterocycles. The van der Waals surface area contributed by atoms with Crippen LogP contribution in [0.3, 0.4) is 0 Å². The zero-order chi connectivity index (χ0) is 14.8. The minimum absolute atomic E-state index is 0.164. The van der Waals surface area contributed by atoms with Crippen molar-refractivity contribution in [1.29, 1.82) is 0 Å². The molecule has 0 spiro atoms. The SMILES string of the molecule is Cc1nsc(NC(=O)Cn2ncc3ccccc3c2=O)n1. The number of anilines is 1. The Kier molecular flexibility index (Phi) is 3.44. The Labute approximate surface area is 123 Å². The van der Waals surface area contributed by atoms with E-state index in [-0.39, 0.29) is 18.0 Å². The molecule has 8 heteroatoms. The van der Waals surface area contributed by atoms with Gasteiger partial charge in [0.25, 0.3) is 5.56 Å². The molecule has 0 aliphatic heterocycles. The third-order valence-electron chi connectivity index (χ3n) is 2.83. The summed E-state index contributed by atoms with van der Waals surface area (Å²) in [5, 5.41) is 8.29. The Hall–Kier alpha value is -2.61. The maximum Gasteiger partial charge on any atom is 0.275 e. The van der Waals surface area contributed by atoms with Crippen molar-refractivity contribution in [3.8, 4) is 0 Å². The lowest BCUT2D eigenvalue weighted by Gasteiger charge is -2.05. The molecule has 0 aliphatic rings. The molecule has 0 fully saturated rings. The van der Waals surface area contributed by atoms with Gasteiger partial charge in [0.15, 0.2) is 0 Å². The predicted octanol–water partition coefficient (Wildman–Crippen LogP) is 1.20. The zero-order valence-corrected chi connectivity index (χ0v) is 11.9. The maximum absolute atomic E-state index is 12.2. The summed E-state index contributed by atoms with van der Waals surface area (Å²) in [4.78, 5) is 28.2. The van der Waals surface area contributed by atoms with Crippen LogP contribution in [0.4, 0.5) is 5.13 Å². The zero-order valence-electron chi connectivity index (χ0n) is 11.1. The molecule has 0 bridgehead atoms.